The zero-order valence-electron chi connectivity index (χ0n) is 7.79. The Morgan fingerprint density at radius 2 is 1.58 bits per heavy atom. The number of nitrogens with zero attached hydrogens (tertiary/aromatic N) is 1. The van der Waals surface area contributed by atoms with E-state index in [2.05, 4.69) is 4.99 Å². The van der Waals surface area contributed by atoms with Crippen LogP contribution >= 0.6 is 0 Å². The van der Waals surface area contributed by atoms with Gasteiger partial charge < -0.3 is 0 Å². The molecule has 0 fully saturated rings. The quantitative estimate of drug-likeness (QED) is 0.551. The van der Waals surface area contributed by atoms with E-state index in [0.29, 0.717) is 0 Å². The molecule has 0 rings (SSSR count). The number of hydrogen-bond donors (Lipinski definition) is 0. The molecule has 0 bridgehead atoms. The Morgan fingerprint density at radius 1 is 1.17 bits per heavy atom. The van der Waals surface area contributed by atoms with E-state index < -0.39 is 17.4 Å². The van der Waals surface area contributed by atoms with Crippen molar-refractivity contribution in [3.05, 3.63) is 0 Å². The minimum absolute atomic E-state index is 0.0687. The molecule has 0 saturated heterocycles. The molecule has 0 aromatic heterocycles. The van der Waals surface area contributed by atoms with Gasteiger partial charge in [-0.2, -0.15) is 13.2 Å². The summed E-state index contributed by atoms with van der Waals surface area (Å²) in [4.78, 5) is 3.59. The molecule has 0 aromatic rings. The molecule has 0 amide bonds. The number of halogens is 3. The lowest BCUT2D eigenvalue weighted by atomic mass is 10.1. The molecular formula is C8H14F3N. The molecule has 0 N–H and O–H groups in total. The second kappa shape index (κ2) is 3.46. The normalized spacial score (nSPS) is 15.1. The standard InChI is InChI=1S/C8H14F3N/c1-5-6(8(9,10)11)12-7(2,3)4/h5H2,1-4H3. The highest BCUT2D eigenvalue weighted by atomic mass is 19.4. The van der Waals surface area contributed by atoms with Crippen LogP contribution in [0.3, 0.4) is 0 Å². The summed E-state index contributed by atoms with van der Waals surface area (Å²) >= 11 is 0. The van der Waals surface area contributed by atoms with Gasteiger partial charge in [-0.15, -0.1) is 0 Å². The van der Waals surface area contributed by atoms with Crippen molar-refractivity contribution in [2.24, 2.45) is 4.99 Å². The topological polar surface area (TPSA) is 12.4 Å². The Hall–Kier alpha value is -0.540. The highest BCUT2D eigenvalue weighted by Crippen LogP contribution is 2.22. The van der Waals surface area contributed by atoms with Gasteiger partial charge in [-0.05, 0) is 27.2 Å². The third-order valence-electron chi connectivity index (χ3n) is 1.13. The van der Waals surface area contributed by atoms with Crippen molar-refractivity contribution in [2.75, 3.05) is 0 Å². The van der Waals surface area contributed by atoms with Crippen molar-refractivity contribution in [1.29, 1.82) is 0 Å². The monoisotopic (exact) mass is 181 g/mol. The summed E-state index contributed by atoms with van der Waals surface area (Å²) in [6.45, 7) is 6.40. The number of hydrogen-bond acceptors (Lipinski definition) is 1. The van der Waals surface area contributed by atoms with Gasteiger partial charge in [0, 0.05) is 0 Å². The van der Waals surface area contributed by atoms with E-state index in [-0.39, 0.29) is 6.42 Å². The van der Waals surface area contributed by atoms with Gasteiger partial charge in [-0.1, -0.05) is 6.92 Å². The average molecular weight is 181 g/mol. The van der Waals surface area contributed by atoms with Gasteiger partial charge in [-0.25, -0.2) is 0 Å². The Kier molecular flexibility index (Phi) is 3.30. The Balaban J connectivity index is 4.68. The average Bonchev–Trinajstić information content (AvgIpc) is 1.78. The van der Waals surface area contributed by atoms with Gasteiger partial charge in [0.25, 0.3) is 0 Å². The lowest BCUT2D eigenvalue weighted by Crippen LogP contribution is -2.26. The van der Waals surface area contributed by atoms with Crippen LogP contribution in [0.5, 0.6) is 0 Å². The van der Waals surface area contributed by atoms with Gasteiger partial charge >= 0.3 is 6.18 Å². The van der Waals surface area contributed by atoms with Crippen LogP contribution in [0.25, 0.3) is 0 Å². The fourth-order valence-electron chi connectivity index (χ4n) is 0.748. The van der Waals surface area contributed by atoms with E-state index >= 15 is 0 Å². The zero-order valence-corrected chi connectivity index (χ0v) is 7.79. The van der Waals surface area contributed by atoms with Crippen LogP contribution in [-0.2, 0) is 0 Å². The predicted octanol–water partition coefficient (Wildman–Crippen LogP) is 3.20. The SMILES string of the molecule is CCC(=NC(C)(C)C)C(F)(F)F. The summed E-state index contributed by atoms with van der Waals surface area (Å²) in [5.74, 6) is 0. The fourth-order valence-corrected chi connectivity index (χ4v) is 0.748. The van der Waals surface area contributed by atoms with Crippen molar-refractivity contribution in [1.82, 2.24) is 0 Å². The van der Waals surface area contributed by atoms with Gasteiger partial charge in [-0.3, -0.25) is 4.99 Å². The van der Waals surface area contributed by atoms with Crippen molar-refractivity contribution < 1.29 is 13.2 Å². The first-order valence-electron chi connectivity index (χ1n) is 3.82. The van der Waals surface area contributed by atoms with E-state index in [1.54, 1.807) is 20.8 Å². The van der Waals surface area contributed by atoms with Crippen molar-refractivity contribution in [3.8, 4) is 0 Å². The van der Waals surface area contributed by atoms with Gasteiger partial charge in [0.05, 0.1) is 5.54 Å². The van der Waals surface area contributed by atoms with Crippen LogP contribution < -0.4 is 0 Å². The molecule has 0 unspecified atom stereocenters. The zero-order chi connectivity index (χ0) is 9.99. The molecule has 0 aromatic carbocycles. The Labute approximate surface area is 70.7 Å². The minimum atomic E-state index is -4.28. The van der Waals surface area contributed by atoms with Gasteiger partial charge in [0.1, 0.15) is 5.71 Å². The predicted molar refractivity (Wildman–Crippen MR) is 43.5 cm³/mol. The Bertz CT molecular complexity index is 174. The lowest BCUT2D eigenvalue weighted by molar-refractivity contribution is -0.0609. The van der Waals surface area contributed by atoms with E-state index in [1.807, 2.05) is 0 Å². The molecule has 0 radical (unpaired) electrons. The molecule has 4 heteroatoms. The van der Waals surface area contributed by atoms with Gasteiger partial charge in [0.2, 0.25) is 0 Å². The number of aliphatic imine (C=N–C) groups is 1. The van der Waals surface area contributed by atoms with E-state index in [9.17, 15) is 13.2 Å². The molecule has 12 heavy (non-hydrogen) atoms. The van der Waals surface area contributed by atoms with Gasteiger partial charge in [0.15, 0.2) is 0 Å². The lowest BCUT2D eigenvalue weighted by Gasteiger charge is -2.16. The van der Waals surface area contributed by atoms with Crippen molar-refractivity contribution in [3.63, 3.8) is 0 Å². The maximum atomic E-state index is 12.1. The molecule has 0 spiro atoms. The van der Waals surface area contributed by atoms with E-state index in [4.69, 9.17) is 0 Å². The van der Waals surface area contributed by atoms with Crippen LogP contribution in [0.2, 0.25) is 0 Å². The first-order valence-corrected chi connectivity index (χ1v) is 3.82. The molecule has 0 aliphatic carbocycles. The van der Waals surface area contributed by atoms with Crippen molar-refractivity contribution >= 4 is 5.71 Å². The first-order chi connectivity index (χ1) is 5.17. The fraction of sp³-hybridized carbons (Fsp3) is 0.875. The van der Waals surface area contributed by atoms with E-state index in [1.165, 1.54) is 6.92 Å². The third-order valence-corrected chi connectivity index (χ3v) is 1.13. The summed E-state index contributed by atoms with van der Waals surface area (Å²) in [6.07, 6.45) is -4.34. The third kappa shape index (κ3) is 4.36. The minimum Gasteiger partial charge on any atom is -0.279 e. The molecule has 0 aliphatic rings. The second-order valence-corrected chi connectivity index (χ2v) is 3.58. The van der Waals surface area contributed by atoms with Crippen LogP contribution in [0.1, 0.15) is 34.1 Å². The molecule has 0 atom stereocenters. The number of rotatable bonds is 1. The largest absolute Gasteiger partial charge is 0.429 e. The highest BCUT2D eigenvalue weighted by Gasteiger charge is 2.34. The summed E-state index contributed by atoms with van der Waals surface area (Å²) in [5, 5.41) is 0. The molecule has 0 saturated carbocycles. The van der Waals surface area contributed by atoms with Crippen molar-refractivity contribution in [2.45, 2.75) is 45.8 Å². The van der Waals surface area contributed by atoms with E-state index in [0.717, 1.165) is 0 Å². The molecule has 0 aliphatic heterocycles. The smallest absolute Gasteiger partial charge is 0.279 e. The van der Waals surface area contributed by atoms with Crippen LogP contribution in [0.4, 0.5) is 13.2 Å². The second-order valence-electron chi connectivity index (χ2n) is 3.58. The maximum absolute atomic E-state index is 12.1. The first kappa shape index (κ1) is 11.5. The summed E-state index contributed by atoms with van der Waals surface area (Å²) in [5.41, 5.74) is -1.34. The number of alkyl halides is 3. The molecule has 0 heterocycles. The summed E-state index contributed by atoms with van der Waals surface area (Å²) in [6, 6.07) is 0. The highest BCUT2D eigenvalue weighted by molar-refractivity contribution is 5.89. The maximum Gasteiger partial charge on any atom is 0.429 e. The van der Waals surface area contributed by atoms with Crippen LogP contribution in [-0.4, -0.2) is 17.4 Å². The molecular weight excluding hydrogens is 167 g/mol. The van der Waals surface area contributed by atoms with Crippen LogP contribution in [0.15, 0.2) is 4.99 Å². The molecule has 1 nitrogen and oxygen atoms in total. The Morgan fingerprint density at radius 3 is 1.67 bits per heavy atom. The molecule has 72 valence electrons. The van der Waals surface area contributed by atoms with Crippen LogP contribution in [0, 0.1) is 0 Å². The summed E-state index contributed by atoms with van der Waals surface area (Å²) in [7, 11) is 0. The summed E-state index contributed by atoms with van der Waals surface area (Å²) < 4.78 is 36.4.